The molecule has 0 saturated carbocycles. The number of Topliss-reactive ketones (excluding diaryl/α,β-unsaturated/α-hetero) is 1. The summed E-state index contributed by atoms with van der Waals surface area (Å²) >= 11 is 0. The van der Waals surface area contributed by atoms with Crippen LogP contribution < -0.4 is 0 Å². The van der Waals surface area contributed by atoms with E-state index in [-0.39, 0.29) is 5.78 Å². The Kier molecular flexibility index (Phi) is 2.46. The molecule has 2 aliphatic carbocycles. The topological polar surface area (TPSA) is 17.1 Å². The zero-order valence-corrected chi connectivity index (χ0v) is 7.79. The van der Waals surface area contributed by atoms with Crippen LogP contribution in [0.2, 0.25) is 0 Å². The van der Waals surface area contributed by atoms with Crippen LogP contribution >= 0.6 is 0 Å². The first-order chi connectivity index (χ1) is 6.84. The Balaban J connectivity index is 1.91. The fourth-order valence-electron chi connectivity index (χ4n) is 1.44. The highest BCUT2D eigenvalue weighted by Crippen LogP contribution is 2.13. The van der Waals surface area contributed by atoms with Gasteiger partial charge in [0, 0.05) is 24.0 Å². The lowest BCUT2D eigenvalue weighted by Crippen LogP contribution is -1.98. The lowest BCUT2D eigenvalue weighted by molar-refractivity contribution is -0.117. The molecule has 0 aliphatic heterocycles. The molecule has 0 radical (unpaired) electrons. The minimum absolute atomic E-state index is 0.218. The number of ketones is 1. The molecule has 0 N–H and O–H groups in total. The SMILES string of the molecule is O=C(CC1=C=CC=C1)CC1=C=CC=C1. The number of hydrogen-bond acceptors (Lipinski definition) is 1. The molecule has 0 aromatic heterocycles. The fourth-order valence-corrected chi connectivity index (χ4v) is 1.44. The smallest absolute Gasteiger partial charge is 0.142 e. The van der Waals surface area contributed by atoms with E-state index in [1.54, 1.807) is 0 Å². The van der Waals surface area contributed by atoms with Crippen LogP contribution in [0.15, 0.2) is 59.1 Å². The van der Waals surface area contributed by atoms with Crippen LogP contribution in [-0.4, -0.2) is 5.78 Å². The van der Waals surface area contributed by atoms with Crippen molar-refractivity contribution in [1.29, 1.82) is 0 Å². The molecule has 0 atom stereocenters. The van der Waals surface area contributed by atoms with Gasteiger partial charge in [-0.2, -0.15) is 0 Å². The molecule has 1 heteroatoms. The van der Waals surface area contributed by atoms with Crippen molar-refractivity contribution in [3.63, 3.8) is 0 Å². The first-order valence-corrected chi connectivity index (χ1v) is 4.61. The van der Waals surface area contributed by atoms with E-state index in [9.17, 15) is 4.79 Å². The second-order valence-electron chi connectivity index (χ2n) is 3.28. The normalized spacial score (nSPS) is 16.3. The average molecular weight is 182 g/mol. The van der Waals surface area contributed by atoms with E-state index in [0.29, 0.717) is 12.8 Å². The third-order valence-electron chi connectivity index (χ3n) is 2.10. The van der Waals surface area contributed by atoms with Crippen molar-refractivity contribution in [2.45, 2.75) is 12.8 Å². The minimum Gasteiger partial charge on any atom is -0.299 e. The first kappa shape index (κ1) is 8.77. The summed E-state index contributed by atoms with van der Waals surface area (Å²) in [6.45, 7) is 0. The summed E-state index contributed by atoms with van der Waals surface area (Å²) in [5, 5.41) is 0. The van der Waals surface area contributed by atoms with Gasteiger partial charge in [0.1, 0.15) is 5.78 Å². The molecule has 0 aromatic rings. The van der Waals surface area contributed by atoms with Gasteiger partial charge < -0.3 is 0 Å². The lowest BCUT2D eigenvalue weighted by atomic mass is 10.1. The van der Waals surface area contributed by atoms with Crippen LogP contribution in [-0.2, 0) is 4.79 Å². The van der Waals surface area contributed by atoms with Crippen molar-refractivity contribution in [2.24, 2.45) is 0 Å². The number of rotatable bonds is 4. The zero-order valence-electron chi connectivity index (χ0n) is 7.79. The quantitative estimate of drug-likeness (QED) is 0.611. The monoisotopic (exact) mass is 182 g/mol. The van der Waals surface area contributed by atoms with E-state index in [2.05, 4.69) is 11.5 Å². The summed E-state index contributed by atoms with van der Waals surface area (Å²) in [5.41, 5.74) is 7.98. The van der Waals surface area contributed by atoms with Gasteiger partial charge in [-0.05, 0) is 12.2 Å². The van der Waals surface area contributed by atoms with Crippen molar-refractivity contribution in [3.05, 3.63) is 59.1 Å². The molecule has 1 nitrogen and oxygen atoms in total. The molecule has 0 bridgehead atoms. The van der Waals surface area contributed by atoms with Gasteiger partial charge in [0.05, 0.1) is 0 Å². The number of hydrogen-bond donors (Lipinski definition) is 0. The molecule has 2 rings (SSSR count). The Morgan fingerprint density at radius 2 is 1.50 bits per heavy atom. The van der Waals surface area contributed by atoms with E-state index in [4.69, 9.17) is 0 Å². The summed E-state index contributed by atoms with van der Waals surface area (Å²) in [7, 11) is 0. The fraction of sp³-hybridized carbons (Fsp3) is 0.154. The Bertz CT molecular complexity index is 404. The molecule has 0 saturated heterocycles. The van der Waals surface area contributed by atoms with E-state index in [1.165, 1.54) is 0 Å². The van der Waals surface area contributed by atoms with Crippen LogP contribution in [0.5, 0.6) is 0 Å². The maximum absolute atomic E-state index is 11.5. The molecule has 0 amide bonds. The first-order valence-electron chi connectivity index (χ1n) is 4.61. The van der Waals surface area contributed by atoms with E-state index in [1.807, 2.05) is 36.5 Å². The molecule has 14 heavy (non-hydrogen) atoms. The standard InChI is InChI=1S/C13H10O/c14-13(9-11-5-1-2-6-11)10-12-7-3-4-8-12/h1-5,7H,9-10H2. The van der Waals surface area contributed by atoms with Crippen LogP contribution in [0, 0.1) is 0 Å². The van der Waals surface area contributed by atoms with Crippen molar-refractivity contribution < 1.29 is 4.79 Å². The highest BCUT2D eigenvalue weighted by atomic mass is 16.1. The minimum atomic E-state index is 0.218. The number of carbonyl (C=O) groups is 1. The molecule has 0 unspecified atom stereocenters. The predicted molar refractivity (Wildman–Crippen MR) is 55.7 cm³/mol. The summed E-state index contributed by atoms with van der Waals surface area (Å²) in [6.07, 6.45) is 12.3. The number of allylic oxidation sites excluding steroid dienone is 6. The molecule has 68 valence electrons. The van der Waals surface area contributed by atoms with Crippen LogP contribution in [0.1, 0.15) is 12.8 Å². The van der Waals surface area contributed by atoms with Crippen LogP contribution in [0.3, 0.4) is 0 Å². The maximum Gasteiger partial charge on any atom is 0.142 e. The van der Waals surface area contributed by atoms with Crippen molar-refractivity contribution >= 4 is 5.78 Å². The van der Waals surface area contributed by atoms with E-state index < -0.39 is 0 Å². The van der Waals surface area contributed by atoms with E-state index in [0.717, 1.165) is 11.1 Å². The summed E-state index contributed by atoms with van der Waals surface area (Å²) < 4.78 is 0. The van der Waals surface area contributed by atoms with Crippen molar-refractivity contribution in [2.75, 3.05) is 0 Å². The van der Waals surface area contributed by atoms with Crippen LogP contribution in [0.4, 0.5) is 0 Å². The third-order valence-corrected chi connectivity index (χ3v) is 2.10. The largest absolute Gasteiger partial charge is 0.299 e. The van der Waals surface area contributed by atoms with Gasteiger partial charge in [0.2, 0.25) is 0 Å². The van der Waals surface area contributed by atoms with Gasteiger partial charge in [0.15, 0.2) is 0 Å². The van der Waals surface area contributed by atoms with Gasteiger partial charge in [-0.25, -0.2) is 0 Å². The average Bonchev–Trinajstić information content (AvgIpc) is 2.76. The Labute approximate surface area is 83.1 Å². The Morgan fingerprint density at radius 1 is 1.00 bits per heavy atom. The molecular formula is C13H10O. The Hall–Kier alpha value is -1.81. The summed E-state index contributed by atoms with van der Waals surface area (Å²) in [6, 6.07) is 0. The number of carbonyl (C=O) groups excluding carboxylic acids is 1. The van der Waals surface area contributed by atoms with Gasteiger partial charge in [-0.1, -0.05) is 24.3 Å². The van der Waals surface area contributed by atoms with Crippen LogP contribution in [0.25, 0.3) is 0 Å². The second-order valence-corrected chi connectivity index (χ2v) is 3.28. The van der Waals surface area contributed by atoms with Gasteiger partial charge >= 0.3 is 0 Å². The summed E-state index contributed by atoms with van der Waals surface area (Å²) in [4.78, 5) is 11.5. The predicted octanol–water partition coefficient (Wildman–Crippen LogP) is 2.64. The van der Waals surface area contributed by atoms with Gasteiger partial charge in [-0.15, -0.1) is 11.5 Å². The molecular weight excluding hydrogens is 172 g/mol. The highest BCUT2D eigenvalue weighted by Gasteiger charge is 2.07. The second kappa shape index (κ2) is 3.93. The zero-order chi connectivity index (χ0) is 9.80. The van der Waals surface area contributed by atoms with Gasteiger partial charge in [0.25, 0.3) is 0 Å². The summed E-state index contributed by atoms with van der Waals surface area (Å²) in [5.74, 6) is 0.218. The van der Waals surface area contributed by atoms with E-state index >= 15 is 0 Å². The van der Waals surface area contributed by atoms with Crippen molar-refractivity contribution in [1.82, 2.24) is 0 Å². The Morgan fingerprint density at radius 3 is 1.86 bits per heavy atom. The van der Waals surface area contributed by atoms with Crippen molar-refractivity contribution in [3.8, 4) is 0 Å². The van der Waals surface area contributed by atoms with Gasteiger partial charge in [-0.3, -0.25) is 4.79 Å². The lowest BCUT2D eigenvalue weighted by Gasteiger charge is -1.97. The molecule has 0 spiro atoms. The molecule has 2 aliphatic rings. The molecule has 0 aromatic carbocycles. The molecule has 0 fully saturated rings. The maximum atomic E-state index is 11.5. The third kappa shape index (κ3) is 2.11. The highest BCUT2D eigenvalue weighted by molar-refractivity contribution is 5.84. The molecule has 0 heterocycles.